The Hall–Kier alpha value is -3.36. The van der Waals surface area contributed by atoms with Crippen LogP contribution in [0.25, 0.3) is 0 Å². The summed E-state index contributed by atoms with van der Waals surface area (Å²) >= 11 is 6.40. The Balaban J connectivity index is 2.12. The maximum Gasteiger partial charge on any atom is 0.264 e. The summed E-state index contributed by atoms with van der Waals surface area (Å²) in [6.45, 7) is 12.6. The van der Waals surface area contributed by atoms with Crippen molar-refractivity contribution in [2.45, 2.75) is 77.9 Å². The van der Waals surface area contributed by atoms with Gasteiger partial charge in [-0.25, -0.2) is 8.42 Å². The summed E-state index contributed by atoms with van der Waals surface area (Å²) in [5.41, 5.74) is 3.08. The van der Waals surface area contributed by atoms with Crippen LogP contribution in [0.15, 0.2) is 71.6 Å². The van der Waals surface area contributed by atoms with Gasteiger partial charge in [-0.3, -0.25) is 13.9 Å². The number of rotatable bonds is 10. The Labute approximate surface area is 249 Å². The fourth-order valence-electron chi connectivity index (χ4n) is 4.60. The van der Waals surface area contributed by atoms with Gasteiger partial charge in [0, 0.05) is 17.1 Å². The molecule has 0 aromatic heterocycles. The van der Waals surface area contributed by atoms with Crippen LogP contribution in [0.3, 0.4) is 0 Å². The van der Waals surface area contributed by atoms with Gasteiger partial charge in [-0.2, -0.15) is 0 Å². The molecule has 1 atom stereocenters. The highest BCUT2D eigenvalue weighted by Crippen LogP contribution is 2.31. The predicted molar refractivity (Wildman–Crippen MR) is 166 cm³/mol. The van der Waals surface area contributed by atoms with Gasteiger partial charge in [0.1, 0.15) is 12.6 Å². The minimum Gasteiger partial charge on any atom is -0.350 e. The highest BCUT2D eigenvalue weighted by Gasteiger charge is 2.35. The first-order valence-corrected chi connectivity index (χ1v) is 15.5. The number of hydrogen-bond acceptors (Lipinski definition) is 4. The number of amides is 2. The third kappa shape index (κ3) is 8.11. The molecule has 0 bridgehead atoms. The average molecular weight is 598 g/mol. The Morgan fingerprint density at radius 2 is 1.56 bits per heavy atom. The van der Waals surface area contributed by atoms with E-state index in [9.17, 15) is 18.0 Å². The Morgan fingerprint density at radius 1 is 0.927 bits per heavy atom. The van der Waals surface area contributed by atoms with Gasteiger partial charge >= 0.3 is 0 Å². The molecule has 0 aliphatic rings. The molecule has 0 saturated carbocycles. The van der Waals surface area contributed by atoms with Crippen LogP contribution >= 0.6 is 11.6 Å². The van der Waals surface area contributed by atoms with Crippen LogP contribution in [-0.4, -0.2) is 43.3 Å². The first kappa shape index (κ1) is 32.2. The van der Waals surface area contributed by atoms with Crippen LogP contribution in [0.1, 0.15) is 56.4 Å². The van der Waals surface area contributed by atoms with Crippen LogP contribution in [0.2, 0.25) is 5.02 Å². The number of aryl methyl sites for hydroxylation is 2. The predicted octanol–water partition coefficient (Wildman–Crippen LogP) is 6.18. The number of carbonyl (C=O) groups is 2. The molecule has 3 rings (SSSR count). The van der Waals surface area contributed by atoms with Crippen molar-refractivity contribution in [2.75, 3.05) is 10.8 Å². The molecule has 41 heavy (non-hydrogen) atoms. The lowest BCUT2D eigenvalue weighted by Gasteiger charge is -2.35. The van der Waals surface area contributed by atoms with E-state index in [1.54, 1.807) is 37.3 Å². The molecular weight excluding hydrogens is 558 g/mol. The quantitative estimate of drug-likeness (QED) is 0.302. The molecular formula is C32H40ClN3O4S. The molecule has 0 aliphatic heterocycles. The van der Waals surface area contributed by atoms with Crippen molar-refractivity contribution in [1.82, 2.24) is 10.2 Å². The molecule has 7 nitrogen and oxygen atoms in total. The Kier molecular flexibility index (Phi) is 10.3. The molecule has 0 spiro atoms. The van der Waals surface area contributed by atoms with Crippen LogP contribution in [-0.2, 0) is 26.2 Å². The molecule has 2 amide bonds. The summed E-state index contributed by atoms with van der Waals surface area (Å²) in [5.74, 6) is -0.801. The summed E-state index contributed by atoms with van der Waals surface area (Å²) < 4.78 is 29.2. The maximum atomic E-state index is 14.2. The van der Waals surface area contributed by atoms with Crippen molar-refractivity contribution in [3.63, 3.8) is 0 Å². The van der Waals surface area contributed by atoms with E-state index in [1.165, 1.54) is 17.0 Å². The van der Waals surface area contributed by atoms with E-state index in [0.29, 0.717) is 22.7 Å². The summed E-state index contributed by atoms with van der Waals surface area (Å²) in [5, 5.41) is 3.36. The minimum atomic E-state index is -4.17. The largest absolute Gasteiger partial charge is 0.350 e. The van der Waals surface area contributed by atoms with E-state index in [0.717, 1.165) is 21.0 Å². The van der Waals surface area contributed by atoms with E-state index in [1.807, 2.05) is 65.8 Å². The van der Waals surface area contributed by atoms with Crippen molar-refractivity contribution in [1.29, 1.82) is 0 Å². The molecule has 220 valence electrons. The van der Waals surface area contributed by atoms with Gasteiger partial charge in [-0.05, 0) is 83.4 Å². The highest BCUT2D eigenvalue weighted by atomic mass is 35.5. The number of anilines is 1. The lowest BCUT2D eigenvalue weighted by Crippen LogP contribution is -2.55. The molecule has 0 aliphatic carbocycles. The van der Waals surface area contributed by atoms with Gasteiger partial charge in [0.05, 0.1) is 10.6 Å². The summed E-state index contributed by atoms with van der Waals surface area (Å²) in [7, 11) is -4.17. The van der Waals surface area contributed by atoms with Gasteiger partial charge in [-0.15, -0.1) is 0 Å². The van der Waals surface area contributed by atoms with Crippen molar-refractivity contribution >= 4 is 39.1 Å². The zero-order valence-corrected chi connectivity index (χ0v) is 26.4. The number of halogens is 1. The summed E-state index contributed by atoms with van der Waals surface area (Å²) in [4.78, 5) is 29.2. The fourth-order valence-corrected chi connectivity index (χ4v) is 6.24. The van der Waals surface area contributed by atoms with E-state index in [2.05, 4.69) is 5.32 Å². The second kappa shape index (κ2) is 13.1. The second-order valence-corrected chi connectivity index (χ2v) is 13.7. The first-order chi connectivity index (χ1) is 19.1. The third-order valence-electron chi connectivity index (χ3n) is 6.72. The number of sulfonamides is 1. The smallest absolute Gasteiger partial charge is 0.264 e. The van der Waals surface area contributed by atoms with Gasteiger partial charge in [0.15, 0.2) is 0 Å². The standard InChI is InChI=1S/C32H40ClN3O4S/c1-8-28(31(38)34-32(5,6)7)35(20-25-12-9-11-23(3)19-25)30(37)21-36(29-14-10-13-27(33)24(29)4)41(39,40)26-17-15-22(2)16-18-26/h9-19,28H,8,20-21H2,1-7H3,(H,34,38)/t28-/m1/s1. The molecule has 0 radical (unpaired) electrons. The van der Waals surface area contributed by atoms with Crippen LogP contribution in [0.4, 0.5) is 5.69 Å². The first-order valence-electron chi connectivity index (χ1n) is 13.7. The molecule has 1 N–H and O–H groups in total. The second-order valence-electron chi connectivity index (χ2n) is 11.4. The van der Waals surface area contributed by atoms with Crippen molar-refractivity contribution in [3.8, 4) is 0 Å². The van der Waals surface area contributed by atoms with E-state index in [-0.39, 0.29) is 17.3 Å². The molecule has 0 unspecified atom stereocenters. The van der Waals surface area contributed by atoms with Crippen molar-refractivity contribution < 1.29 is 18.0 Å². The lowest BCUT2D eigenvalue weighted by molar-refractivity contribution is -0.141. The Bertz CT molecular complexity index is 1500. The van der Waals surface area contributed by atoms with E-state index >= 15 is 0 Å². The molecule has 3 aromatic carbocycles. The highest BCUT2D eigenvalue weighted by molar-refractivity contribution is 7.92. The Morgan fingerprint density at radius 3 is 2.15 bits per heavy atom. The van der Waals surface area contributed by atoms with Crippen molar-refractivity contribution in [2.24, 2.45) is 0 Å². The number of nitrogens with zero attached hydrogens (tertiary/aromatic N) is 2. The zero-order valence-electron chi connectivity index (χ0n) is 24.9. The minimum absolute atomic E-state index is 0.0537. The van der Waals surface area contributed by atoms with Crippen LogP contribution in [0, 0.1) is 20.8 Å². The molecule has 3 aromatic rings. The van der Waals surface area contributed by atoms with Gasteiger partial charge in [0.25, 0.3) is 10.0 Å². The monoisotopic (exact) mass is 597 g/mol. The van der Waals surface area contributed by atoms with E-state index in [4.69, 9.17) is 11.6 Å². The third-order valence-corrected chi connectivity index (χ3v) is 8.90. The molecule has 9 heteroatoms. The SMILES string of the molecule is CC[C@H](C(=O)NC(C)(C)C)N(Cc1cccc(C)c1)C(=O)CN(c1cccc(Cl)c1C)S(=O)(=O)c1ccc(C)cc1. The van der Waals surface area contributed by atoms with Crippen LogP contribution < -0.4 is 9.62 Å². The fraction of sp³-hybridized carbons (Fsp3) is 0.375. The lowest BCUT2D eigenvalue weighted by atomic mass is 10.0. The van der Waals surface area contributed by atoms with Gasteiger partial charge < -0.3 is 10.2 Å². The van der Waals surface area contributed by atoms with Crippen LogP contribution in [0.5, 0.6) is 0 Å². The molecule has 0 saturated heterocycles. The number of nitrogens with one attached hydrogen (secondary N) is 1. The van der Waals surface area contributed by atoms with Gasteiger partial charge in [-0.1, -0.05) is 72.1 Å². The topological polar surface area (TPSA) is 86.8 Å². The molecule has 0 heterocycles. The van der Waals surface area contributed by atoms with E-state index < -0.39 is 34.1 Å². The van der Waals surface area contributed by atoms with Gasteiger partial charge in [0.2, 0.25) is 11.8 Å². The molecule has 0 fully saturated rings. The summed E-state index contributed by atoms with van der Waals surface area (Å²) in [6.07, 6.45) is 0.348. The summed E-state index contributed by atoms with van der Waals surface area (Å²) in [6, 6.07) is 18.3. The number of benzene rings is 3. The van der Waals surface area contributed by atoms with Crippen molar-refractivity contribution in [3.05, 3.63) is 94.0 Å². The number of carbonyl (C=O) groups excluding carboxylic acids is 2. The normalized spacial score (nSPS) is 12.5. The average Bonchev–Trinajstić information content (AvgIpc) is 2.88. The zero-order chi connectivity index (χ0) is 30.5. The maximum absolute atomic E-state index is 14.2. The number of hydrogen-bond donors (Lipinski definition) is 1.